The van der Waals surface area contributed by atoms with Gasteiger partial charge >= 0.3 is 0 Å². The zero-order valence-electron chi connectivity index (χ0n) is 15.0. The van der Waals surface area contributed by atoms with Crippen LogP contribution >= 0.6 is 15.9 Å². The van der Waals surface area contributed by atoms with Crippen molar-refractivity contribution in [2.24, 2.45) is 0 Å². The second-order valence-electron chi connectivity index (χ2n) is 6.07. The number of hydrogen-bond donors (Lipinski definition) is 1. The summed E-state index contributed by atoms with van der Waals surface area (Å²) in [7, 11) is 1.85. The zero-order valence-corrected chi connectivity index (χ0v) is 16.6. The van der Waals surface area contributed by atoms with Gasteiger partial charge in [-0.15, -0.1) is 0 Å². The molecule has 140 valence electrons. The molecular weight excluding hydrogens is 409 g/mol. The van der Waals surface area contributed by atoms with Gasteiger partial charge in [0.05, 0.1) is 10.5 Å². The van der Waals surface area contributed by atoms with Crippen molar-refractivity contribution in [3.05, 3.63) is 94.2 Å². The summed E-state index contributed by atoms with van der Waals surface area (Å²) in [6.45, 7) is 0.902. The third kappa shape index (κ3) is 5.55. The van der Waals surface area contributed by atoms with Crippen molar-refractivity contribution < 1.29 is 13.9 Å². The maximum absolute atomic E-state index is 13.1. The van der Waals surface area contributed by atoms with E-state index in [9.17, 15) is 4.39 Å². The van der Waals surface area contributed by atoms with E-state index in [4.69, 9.17) is 9.47 Å². The lowest BCUT2D eigenvalue weighted by molar-refractivity contribution is 0.266. The molecule has 0 saturated heterocycles. The Balaban J connectivity index is 1.64. The lowest BCUT2D eigenvalue weighted by Gasteiger charge is -2.18. The minimum atomic E-state index is -0.250. The van der Waals surface area contributed by atoms with Gasteiger partial charge in [0, 0.05) is 6.07 Å². The van der Waals surface area contributed by atoms with Crippen molar-refractivity contribution in [1.82, 2.24) is 5.32 Å². The zero-order chi connectivity index (χ0) is 19.1. The number of ether oxygens (including phenoxy) is 2. The summed E-state index contributed by atoms with van der Waals surface area (Å²) in [6, 6.07) is 22.0. The molecule has 1 unspecified atom stereocenters. The smallest absolute Gasteiger partial charge is 0.137 e. The molecule has 0 aromatic heterocycles. The molecule has 3 rings (SSSR count). The molecule has 0 amide bonds. The van der Waals surface area contributed by atoms with E-state index in [-0.39, 0.29) is 11.9 Å². The Labute approximate surface area is 167 Å². The number of rotatable bonds is 8. The maximum Gasteiger partial charge on any atom is 0.137 e. The number of benzene rings is 3. The summed E-state index contributed by atoms with van der Waals surface area (Å²) >= 11 is 3.51. The van der Waals surface area contributed by atoms with E-state index in [1.807, 2.05) is 55.6 Å². The predicted octanol–water partition coefficient (Wildman–Crippen LogP) is 5.51. The van der Waals surface area contributed by atoms with Crippen LogP contribution in [-0.4, -0.2) is 13.7 Å². The van der Waals surface area contributed by atoms with Gasteiger partial charge in [0.25, 0.3) is 0 Å². The molecule has 3 aromatic rings. The van der Waals surface area contributed by atoms with Crippen molar-refractivity contribution in [2.75, 3.05) is 13.7 Å². The highest BCUT2D eigenvalue weighted by molar-refractivity contribution is 9.10. The standard InChI is InChI=1S/C22H21BrFNO2/c1-25-21(17-7-9-18(24)10-8-17)15-27-22-13-19(11-12-20(22)23)26-14-16-5-3-2-4-6-16/h2-13,21,25H,14-15H2,1H3. The Morgan fingerprint density at radius 3 is 2.41 bits per heavy atom. The van der Waals surface area contributed by atoms with Crippen LogP contribution in [0.1, 0.15) is 17.2 Å². The molecule has 0 spiro atoms. The fourth-order valence-electron chi connectivity index (χ4n) is 2.64. The van der Waals surface area contributed by atoms with Crippen molar-refractivity contribution in [3.8, 4) is 11.5 Å². The first kappa shape index (κ1) is 19.4. The number of likely N-dealkylation sites (N-methyl/N-ethyl adjacent to an activating group) is 1. The topological polar surface area (TPSA) is 30.5 Å². The Morgan fingerprint density at radius 1 is 0.963 bits per heavy atom. The van der Waals surface area contributed by atoms with Gasteiger partial charge in [-0.2, -0.15) is 0 Å². The maximum atomic E-state index is 13.1. The first-order valence-corrected chi connectivity index (χ1v) is 9.47. The molecular formula is C22H21BrFNO2. The fraction of sp³-hybridized carbons (Fsp3) is 0.182. The Hall–Kier alpha value is -2.37. The van der Waals surface area contributed by atoms with Crippen LogP contribution in [0, 0.1) is 5.82 Å². The molecule has 0 radical (unpaired) electrons. The summed E-state index contributed by atoms with van der Waals surface area (Å²) in [4.78, 5) is 0. The van der Waals surface area contributed by atoms with Crippen LogP contribution in [0.15, 0.2) is 77.3 Å². The van der Waals surface area contributed by atoms with E-state index in [0.717, 1.165) is 21.3 Å². The normalized spacial score (nSPS) is 11.8. The van der Waals surface area contributed by atoms with Gasteiger partial charge in [0.1, 0.15) is 30.5 Å². The lowest BCUT2D eigenvalue weighted by Crippen LogP contribution is -2.23. The van der Waals surface area contributed by atoms with E-state index < -0.39 is 0 Å². The number of hydrogen-bond acceptors (Lipinski definition) is 3. The molecule has 0 heterocycles. The highest BCUT2D eigenvalue weighted by Gasteiger charge is 2.12. The minimum Gasteiger partial charge on any atom is -0.490 e. The van der Waals surface area contributed by atoms with E-state index in [1.54, 1.807) is 12.1 Å². The lowest BCUT2D eigenvalue weighted by atomic mass is 10.1. The molecule has 3 nitrogen and oxygen atoms in total. The average molecular weight is 430 g/mol. The quantitative estimate of drug-likeness (QED) is 0.512. The van der Waals surface area contributed by atoms with Crippen LogP contribution in [0.25, 0.3) is 0 Å². The Morgan fingerprint density at radius 2 is 1.70 bits per heavy atom. The monoisotopic (exact) mass is 429 g/mol. The van der Waals surface area contributed by atoms with E-state index in [1.165, 1.54) is 12.1 Å². The van der Waals surface area contributed by atoms with Gasteiger partial charge in [-0.3, -0.25) is 0 Å². The molecule has 5 heteroatoms. The van der Waals surface area contributed by atoms with Crippen molar-refractivity contribution in [3.63, 3.8) is 0 Å². The van der Waals surface area contributed by atoms with Crippen molar-refractivity contribution in [2.45, 2.75) is 12.6 Å². The summed E-state index contributed by atoms with van der Waals surface area (Å²) in [5.74, 6) is 1.18. The van der Waals surface area contributed by atoms with E-state index in [0.29, 0.717) is 19.0 Å². The molecule has 27 heavy (non-hydrogen) atoms. The van der Waals surface area contributed by atoms with Crippen LogP contribution in [0.4, 0.5) is 4.39 Å². The molecule has 0 fully saturated rings. The fourth-order valence-corrected chi connectivity index (χ4v) is 3.00. The van der Waals surface area contributed by atoms with Crippen LogP contribution < -0.4 is 14.8 Å². The summed E-state index contributed by atoms with van der Waals surface area (Å²) in [6.07, 6.45) is 0. The predicted molar refractivity (Wildman–Crippen MR) is 109 cm³/mol. The average Bonchev–Trinajstić information content (AvgIpc) is 2.70. The van der Waals surface area contributed by atoms with Gasteiger partial charge in [0.15, 0.2) is 0 Å². The molecule has 3 aromatic carbocycles. The van der Waals surface area contributed by atoms with Gasteiger partial charge in [0.2, 0.25) is 0 Å². The van der Waals surface area contributed by atoms with Crippen LogP contribution in [-0.2, 0) is 6.61 Å². The van der Waals surface area contributed by atoms with Crippen molar-refractivity contribution in [1.29, 1.82) is 0 Å². The van der Waals surface area contributed by atoms with Gasteiger partial charge in [-0.25, -0.2) is 4.39 Å². The van der Waals surface area contributed by atoms with Gasteiger partial charge in [-0.05, 0) is 58.4 Å². The number of halogens is 2. The highest BCUT2D eigenvalue weighted by Crippen LogP contribution is 2.30. The number of nitrogens with one attached hydrogen (secondary N) is 1. The van der Waals surface area contributed by atoms with E-state index in [2.05, 4.69) is 21.2 Å². The summed E-state index contributed by atoms with van der Waals surface area (Å²) < 4.78 is 25.8. The second-order valence-corrected chi connectivity index (χ2v) is 6.92. The second kappa shape index (κ2) is 9.53. The molecule has 0 aliphatic rings. The molecule has 0 aliphatic carbocycles. The Bertz CT molecular complexity index is 856. The first-order chi connectivity index (χ1) is 13.2. The van der Waals surface area contributed by atoms with Crippen LogP contribution in [0.3, 0.4) is 0 Å². The minimum absolute atomic E-state index is 0.0496. The molecule has 0 bridgehead atoms. The SMILES string of the molecule is CNC(COc1cc(OCc2ccccc2)ccc1Br)c1ccc(F)cc1. The highest BCUT2D eigenvalue weighted by atomic mass is 79.9. The third-order valence-corrected chi connectivity index (χ3v) is 4.83. The molecule has 1 N–H and O–H groups in total. The van der Waals surface area contributed by atoms with Crippen LogP contribution in [0.5, 0.6) is 11.5 Å². The Kier molecular flexibility index (Phi) is 6.85. The molecule has 0 aliphatic heterocycles. The molecule has 0 saturated carbocycles. The van der Waals surface area contributed by atoms with Crippen LogP contribution in [0.2, 0.25) is 0 Å². The molecule has 1 atom stereocenters. The summed E-state index contributed by atoms with van der Waals surface area (Å²) in [5.41, 5.74) is 2.07. The van der Waals surface area contributed by atoms with E-state index >= 15 is 0 Å². The van der Waals surface area contributed by atoms with Gasteiger partial charge in [-0.1, -0.05) is 42.5 Å². The first-order valence-electron chi connectivity index (χ1n) is 8.67. The largest absolute Gasteiger partial charge is 0.490 e. The van der Waals surface area contributed by atoms with Gasteiger partial charge < -0.3 is 14.8 Å². The summed E-state index contributed by atoms with van der Waals surface area (Å²) in [5, 5.41) is 3.19. The van der Waals surface area contributed by atoms with Crippen molar-refractivity contribution >= 4 is 15.9 Å². The third-order valence-electron chi connectivity index (χ3n) is 4.18.